The molecule has 0 spiro atoms. The summed E-state index contributed by atoms with van der Waals surface area (Å²) in [7, 11) is 1.87. The lowest BCUT2D eigenvalue weighted by Crippen LogP contribution is -2.28. The predicted octanol–water partition coefficient (Wildman–Crippen LogP) is 4.88. The van der Waals surface area contributed by atoms with Gasteiger partial charge in [0, 0.05) is 42.2 Å². The van der Waals surface area contributed by atoms with Crippen molar-refractivity contribution in [3.63, 3.8) is 0 Å². The van der Waals surface area contributed by atoms with E-state index in [9.17, 15) is 4.79 Å². The Morgan fingerprint density at radius 1 is 1.05 bits per heavy atom. The Labute approximate surface area is 225 Å². The van der Waals surface area contributed by atoms with Gasteiger partial charge in [-0.25, -0.2) is 15.0 Å². The van der Waals surface area contributed by atoms with Gasteiger partial charge in [0.25, 0.3) is 5.91 Å². The molecule has 4 aromatic heterocycles. The number of aryl methyl sites for hydroxylation is 2. The van der Waals surface area contributed by atoms with Gasteiger partial charge < -0.3 is 5.32 Å². The second kappa shape index (κ2) is 9.88. The molecule has 0 saturated carbocycles. The number of pyridine rings is 1. The fraction of sp³-hybridized carbons (Fsp3) is 0.129. The normalized spacial score (nSPS) is 11.8. The van der Waals surface area contributed by atoms with E-state index >= 15 is 0 Å². The van der Waals surface area contributed by atoms with Gasteiger partial charge in [0.15, 0.2) is 5.65 Å². The first-order valence-electron chi connectivity index (χ1n) is 12.6. The molecule has 2 aromatic carbocycles. The van der Waals surface area contributed by atoms with Crippen LogP contribution in [0.5, 0.6) is 0 Å². The molecule has 1 N–H and O–H groups in total. The van der Waals surface area contributed by atoms with Crippen molar-refractivity contribution in [1.29, 1.82) is 0 Å². The number of para-hydroxylation sites is 1. The molecule has 1 amide bonds. The summed E-state index contributed by atoms with van der Waals surface area (Å²) in [6.07, 6.45) is 8.71. The van der Waals surface area contributed by atoms with Gasteiger partial charge in [0.05, 0.1) is 40.3 Å². The summed E-state index contributed by atoms with van der Waals surface area (Å²) in [5.41, 5.74) is 6.76. The van der Waals surface area contributed by atoms with Crippen molar-refractivity contribution < 1.29 is 4.79 Å². The van der Waals surface area contributed by atoms with Gasteiger partial charge in [-0.1, -0.05) is 54.3 Å². The Morgan fingerprint density at radius 3 is 2.69 bits per heavy atom. The van der Waals surface area contributed by atoms with Crippen molar-refractivity contribution in [3.8, 4) is 23.1 Å². The van der Waals surface area contributed by atoms with Crippen LogP contribution in [0, 0.1) is 18.8 Å². The SMILES string of the molecule is Cc1ncn2ccnc2c1C(=O)NC(C)c1cc2cccc(C#Cc3cnn(C)c3)c2nc1-c1ccccc1. The zero-order valence-corrected chi connectivity index (χ0v) is 21.8. The molecule has 1 unspecified atom stereocenters. The first kappa shape index (κ1) is 24.1. The van der Waals surface area contributed by atoms with Crippen molar-refractivity contribution in [2.45, 2.75) is 19.9 Å². The Hall–Kier alpha value is -5.29. The highest BCUT2D eigenvalue weighted by Gasteiger charge is 2.22. The van der Waals surface area contributed by atoms with Gasteiger partial charge in [-0.15, -0.1) is 0 Å². The van der Waals surface area contributed by atoms with Gasteiger partial charge >= 0.3 is 0 Å². The number of nitrogens with zero attached hydrogens (tertiary/aromatic N) is 6. The third kappa shape index (κ3) is 4.62. The standard InChI is InChI=1S/C31H25N7O/c1-20(35-31(39)27-21(2)33-19-38-15-14-32-30(27)38)26-16-25-11-7-10-24(13-12-22-17-34-37(3)18-22)28(25)36-29(26)23-8-5-4-6-9-23/h4-11,14-20H,1-3H3,(H,35,39). The second-order valence-corrected chi connectivity index (χ2v) is 9.38. The molecule has 0 fully saturated rings. The second-order valence-electron chi connectivity index (χ2n) is 9.38. The molecule has 190 valence electrons. The van der Waals surface area contributed by atoms with E-state index in [2.05, 4.69) is 38.3 Å². The van der Waals surface area contributed by atoms with E-state index in [-0.39, 0.29) is 11.9 Å². The molecule has 0 saturated heterocycles. The molecule has 0 aliphatic carbocycles. The third-order valence-corrected chi connectivity index (χ3v) is 6.64. The maximum atomic E-state index is 13.5. The van der Waals surface area contributed by atoms with Crippen LogP contribution in [0.4, 0.5) is 0 Å². The van der Waals surface area contributed by atoms with Crippen LogP contribution in [0.1, 0.15) is 45.7 Å². The van der Waals surface area contributed by atoms with Gasteiger partial charge in [0.1, 0.15) is 11.9 Å². The van der Waals surface area contributed by atoms with Crippen molar-refractivity contribution >= 4 is 22.5 Å². The van der Waals surface area contributed by atoms with Crippen LogP contribution in [0.2, 0.25) is 0 Å². The maximum Gasteiger partial charge on any atom is 0.257 e. The highest BCUT2D eigenvalue weighted by Crippen LogP contribution is 2.31. The molecule has 1 atom stereocenters. The molecule has 0 aliphatic heterocycles. The first-order chi connectivity index (χ1) is 19.0. The Kier molecular flexibility index (Phi) is 6.10. The van der Waals surface area contributed by atoms with E-state index in [4.69, 9.17) is 4.98 Å². The lowest BCUT2D eigenvalue weighted by Gasteiger charge is -2.19. The number of carbonyl (C=O) groups is 1. The number of aromatic nitrogens is 6. The Morgan fingerprint density at radius 2 is 1.90 bits per heavy atom. The van der Waals surface area contributed by atoms with Crippen LogP contribution in [0.25, 0.3) is 27.8 Å². The van der Waals surface area contributed by atoms with E-state index in [0.29, 0.717) is 16.9 Å². The molecule has 8 heteroatoms. The number of hydrogen-bond donors (Lipinski definition) is 1. The van der Waals surface area contributed by atoms with Crippen LogP contribution in [-0.2, 0) is 7.05 Å². The Balaban J connectivity index is 1.44. The van der Waals surface area contributed by atoms with Gasteiger partial charge in [-0.05, 0) is 26.0 Å². The molecule has 6 rings (SSSR count). The number of imidazole rings is 1. The van der Waals surface area contributed by atoms with Crippen LogP contribution < -0.4 is 5.32 Å². The van der Waals surface area contributed by atoms with Crippen molar-refractivity contribution in [1.82, 2.24) is 34.4 Å². The van der Waals surface area contributed by atoms with Crippen LogP contribution >= 0.6 is 0 Å². The lowest BCUT2D eigenvalue weighted by atomic mass is 9.97. The summed E-state index contributed by atoms with van der Waals surface area (Å²) >= 11 is 0. The summed E-state index contributed by atoms with van der Waals surface area (Å²) in [6, 6.07) is 17.7. The predicted molar refractivity (Wildman–Crippen MR) is 150 cm³/mol. The number of carbonyl (C=O) groups excluding carboxylic acids is 1. The summed E-state index contributed by atoms with van der Waals surface area (Å²) in [5, 5.41) is 8.30. The quantitative estimate of drug-likeness (QED) is 0.341. The topological polar surface area (TPSA) is 90.0 Å². The number of fused-ring (bicyclic) bond motifs is 2. The largest absolute Gasteiger partial charge is 0.345 e. The van der Waals surface area contributed by atoms with Crippen LogP contribution in [-0.4, -0.2) is 35.0 Å². The number of amides is 1. The average Bonchev–Trinajstić information content (AvgIpc) is 3.60. The minimum Gasteiger partial charge on any atom is -0.345 e. The zero-order chi connectivity index (χ0) is 26.9. The van der Waals surface area contributed by atoms with Crippen LogP contribution in [0.15, 0.2) is 85.7 Å². The molecule has 39 heavy (non-hydrogen) atoms. The smallest absolute Gasteiger partial charge is 0.257 e. The molecule has 8 nitrogen and oxygen atoms in total. The van der Waals surface area contributed by atoms with Crippen LogP contribution in [0.3, 0.4) is 0 Å². The van der Waals surface area contributed by atoms with Gasteiger partial charge in [-0.3, -0.25) is 13.9 Å². The lowest BCUT2D eigenvalue weighted by molar-refractivity contribution is 0.0940. The zero-order valence-electron chi connectivity index (χ0n) is 21.8. The van der Waals surface area contributed by atoms with Crippen molar-refractivity contribution in [2.24, 2.45) is 7.05 Å². The molecule has 4 heterocycles. The summed E-state index contributed by atoms with van der Waals surface area (Å²) in [6.45, 7) is 3.78. The highest BCUT2D eigenvalue weighted by atomic mass is 16.1. The summed E-state index contributed by atoms with van der Waals surface area (Å²) in [5.74, 6) is 6.22. The number of rotatable bonds is 4. The fourth-order valence-corrected chi connectivity index (χ4v) is 4.69. The average molecular weight is 512 g/mol. The maximum absolute atomic E-state index is 13.5. The molecular formula is C31H25N7O. The third-order valence-electron chi connectivity index (χ3n) is 6.64. The van der Waals surface area contributed by atoms with E-state index in [0.717, 1.165) is 38.9 Å². The molecule has 0 radical (unpaired) electrons. The van der Waals surface area contributed by atoms with E-state index < -0.39 is 0 Å². The van der Waals surface area contributed by atoms with Crippen molar-refractivity contribution in [2.75, 3.05) is 0 Å². The molecular weight excluding hydrogens is 486 g/mol. The monoisotopic (exact) mass is 511 g/mol. The van der Waals surface area contributed by atoms with E-state index in [1.54, 1.807) is 34.0 Å². The minimum atomic E-state index is -0.343. The fourth-order valence-electron chi connectivity index (χ4n) is 4.69. The van der Waals surface area contributed by atoms with Gasteiger partial charge in [-0.2, -0.15) is 5.10 Å². The summed E-state index contributed by atoms with van der Waals surface area (Å²) in [4.78, 5) is 27.4. The highest BCUT2D eigenvalue weighted by molar-refractivity contribution is 6.01. The number of benzene rings is 2. The molecule has 6 aromatic rings. The first-order valence-corrected chi connectivity index (χ1v) is 12.6. The number of nitrogens with one attached hydrogen (secondary N) is 1. The molecule has 0 aliphatic rings. The van der Waals surface area contributed by atoms with E-state index in [1.165, 1.54) is 0 Å². The van der Waals surface area contributed by atoms with Gasteiger partial charge in [0.2, 0.25) is 0 Å². The Bertz CT molecular complexity index is 1910. The molecule has 0 bridgehead atoms. The summed E-state index contributed by atoms with van der Waals surface area (Å²) < 4.78 is 3.47. The number of hydrogen-bond acceptors (Lipinski definition) is 5. The van der Waals surface area contributed by atoms with E-state index in [1.807, 2.05) is 75.6 Å². The minimum absolute atomic E-state index is 0.237. The van der Waals surface area contributed by atoms with Crippen molar-refractivity contribution in [3.05, 3.63) is 114 Å².